The van der Waals surface area contributed by atoms with Crippen LogP contribution >= 0.6 is 0 Å². The van der Waals surface area contributed by atoms with E-state index in [0.29, 0.717) is 22.6 Å². The Bertz CT molecular complexity index is 980. The van der Waals surface area contributed by atoms with Crippen molar-refractivity contribution in [1.29, 1.82) is 5.41 Å². The van der Waals surface area contributed by atoms with Crippen LogP contribution in [-0.4, -0.2) is 18.9 Å². The summed E-state index contributed by atoms with van der Waals surface area (Å²) < 4.78 is 10.6. The zero-order chi connectivity index (χ0) is 18.0. The number of aryl methyl sites for hydroxylation is 1. The quantitative estimate of drug-likeness (QED) is 0.429. The first-order chi connectivity index (χ1) is 12.0. The average molecular weight is 334 g/mol. The number of rotatable bonds is 4. The molecule has 0 unspecified atom stereocenters. The minimum absolute atomic E-state index is 0.0448. The van der Waals surface area contributed by atoms with Gasteiger partial charge in [0.25, 0.3) is 0 Å². The van der Waals surface area contributed by atoms with Crippen molar-refractivity contribution in [3.8, 4) is 11.5 Å². The number of carbonyl (C=O) groups excluding carboxylic acids is 1. The van der Waals surface area contributed by atoms with Crippen molar-refractivity contribution in [2.24, 2.45) is 5.73 Å². The van der Waals surface area contributed by atoms with Gasteiger partial charge in [-0.2, -0.15) is 0 Å². The summed E-state index contributed by atoms with van der Waals surface area (Å²) in [6, 6.07) is 16.5. The number of methoxy groups -OCH3 is 1. The second-order valence-electron chi connectivity index (χ2n) is 5.71. The van der Waals surface area contributed by atoms with Crippen LogP contribution in [0.15, 0.2) is 54.6 Å². The molecule has 0 heterocycles. The Labute approximate surface area is 145 Å². The van der Waals surface area contributed by atoms with Crippen molar-refractivity contribution >= 4 is 22.6 Å². The number of nitrogens with one attached hydrogen (secondary N) is 1. The Morgan fingerprint density at radius 1 is 0.960 bits per heavy atom. The number of carbonyl (C=O) groups is 1. The molecule has 0 bridgehead atoms. The predicted octanol–water partition coefficient (Wildman–Crippen LogP) is 4.01. The van der Waals surface area contributed by atoms with E-state index < -0.39 is 0 Å². The standard InChI is InChI=1S/C20H18N2O3/c1-12-9-16(7-8-18(12)20(23)24-2)25-17-6-5-13-10-15(19(21)22)4-3-14(13)11-17/h3-11H,1-2H3,(H3,21,22). The molecule has 0 saturated carbocycles. The van der Waals surface area contributed by atoms with E-state index in [2.05, 4.69) is 0 Å². The fourth-order valence-electron chi connectivity index (χ4n) is 2.63. The first-order valence-corrected chi connectivity index (χ1v) is 7.73. The van der Waals surface area contributed by atoms with E-state index >= 15 is 0 Å². The van der Waals surface area contributed by atoms with Crippen LogP contribution in [0.4, 0.5) is 0 Å². The van der Waals surface area contributed by atoms with Gasteiger partial charge in [0.2, 0.25) is 0 Å². The first-order valence-electron chi connectivity index (χ1n) is 7.73. The number of nitrogen functional groups attached to an aromatic ring is 1. The maximum atomic E-state index is 11.6. The van der Waals surface area contributed by atoms with E-state index in [1.807, 2.05) is 43.3 Å². The zero-order valence-corrected chi connectivity index (χ0v) is 14.0. The van der Waals surface area contributed by atoms with Crippen molar-refractivity contribution in [3.05, 3.63) is 71.3 Å². The van der Waals surface area contributed by atoms with Crippen LogP contribution in [0.2, 0.25) is 0 Å². The molecule has 0 radical (unpaired) electrons. The summed E-state index contributed by atoms with van der Waals surface area (Å²) >= 11 is 0. The van der Waals surface area contributed by atoms with Gasteiger partial charge >= 0.3 is 5.97 Å². The van der Waals surface area contributed by atoms with Crippen LogP contribution < -0.4 is 10.5 Å². The number of hydrogen-bond donors (Lipinski definition) is 2. The number of ether oxygens (including phenoxy) is 2. The Balaban J connectivity index is 1.88. The van der Waals surface area contributed by atoms with E-state index in [-0.39, 0.29) is 11.8 Å². The van der Waals surface area contributed by atoms with Gasteiger partial charge in [-0.1, -0.05) is 18.2 Å². The molecule has 0 saturated heterocycles. The second kappa shape index (κ2) is 6.65. The topological polar surface area (TPSA) is 85.4 Å². The Kier molecular flexibility index (Phi) is 4.39. The fraction of sp³-hybridized carbons (Fsp3) is 0.100. The third kappa shape index (κ3) is 3.45. The Hall–Kier alpha value is -3.34. The normalized spacial score (nSPS) is 10.5. The predicted molar refractivity (Wildman–Crippen MR) is 97.6 cm³/mol. The van der Waals surface area contributed by atoms with Gasteiger partial charge in [-0.25, -0.2) is 4.79 Å². The van der Waals surface area contributed by atoms with E-state index in [0.717, 1.165) is 16.3 Å². The molecule has 0 fully saturated rings. The van der Waals surface area contributed by atoms with Gasteiger partial charge in [0.15, 0.2) is 0 Å². The minimum atomic E-state index is -0.365. The van der Waals surface area contributed by atoms with Crippen molar-refractivity contribution < 1.29 is 14.3 Å². The van der Waals surface area contributed by atoms with Gasteiger partial charge in [-0.3, -0.25) is 5.41 Å². The van der Waals surface area contributed by atoms with Gasteiger partial charge in [0.1, 0.15) is 17.3 Å². The van der Waals surface area contributed by atoms with Crippen LogP contribution in [0, 0.1) is 12.3 Å². The lowest BCUT2D eigenvalue weighted by atomic mass is 10.1. The maximum absolute atomic E-state index is 11.6. The summed E-state index contributed by atoms with van der Waals surface area (Å²) in [5.41, 5.74) is 7.52. The fourth-order valence-corrected chi connectivity index (χ4v) is 2.63. The molecule has 0 spiro atoms. The van der Waals surface area contributed by atoms with Crippen molar-refractivity contribution in [3.63, 3.8) is 0 Å². The SMILES string of the molecule is COC(=O)c1ccc(Oc2ccc3cc(C(=N)N)ccc3c2)cc1C. The lowest BCUT2D eigenvalue weighted by Gasteiger charge is -2.10. The summed E-state index contributed by atoms with van der Waals surface area (Å²) in [6.45, 7) is 1.84. The average Bonchev–Trinajstić information content (AvgIpc) is 2.60. The molecule has 5 nitrogen and oxygen atoms in total. The zero-order valence-electron chi connectivity index (χ0n) is 14.0. The molecule has 0 amide bonds. The highest BCUT2D eigenvalue weighted by Gasteiger charge is 2.10. The maximum Gasteiger partial charge on any atom is 0.338 e. The number of nitrogens with two attached hydrogens (primary N) is 1. The van der Waals surface area contributed by atoms with E-state index in [1.54, 1.807) is 18.2 Å². The van der Waals surface area contributed by atoms with Gasteiger partial charge in [0, 0.05) is 5.56 Å². The van der Waals surface area contributed by atoms with Crippen LogP contribution in [0.25, 0.3) is 10.8 Å². The smallest absolute Gasteiger partial charge is 0.338 e. The molecule has 3 rings (SSSR count). The largest absolute Gasteiger partial charge is 0.465 e. The number of fused-ring (bicyclic) bond motifs is 1. The molecular weight excluding hydrogens is 316 g/mol. The van der Waals surface area contributed by atoms with Crippen LogP contribution in [0.1, 0.15) is 21.5 Å². The van der Waals surface area contributed by atoms with Gasteiger partial charge < -0.3 is 15.2 Å². The van der Waals surface area contributed by atoms with E-state index in [1.165, 1.54) is 7.11 Å². The summed E-state index contributed by atoms with van der Waals surface area (Å²) in [5.74, 6) is 1.01. The molecular formula is C20H18N2O3. The number of amidine groups is 1. The van der Waals surface area contributed by atoms with Gasteiger partial charge in [0.05, 0.1) is 12.7 Å². The Morgan fingerprint density at radius 3 is 2.28 bits per heavy atom. The molecule has 126 valence electrons. The molecule has 0 aliphatic heterocycles. The molecule has 0 aliphatic rings. The van der Waals surface area contributed by atoms with Gasteiger partial charge in [-0.05, 0) is 59.7 Å². The molecule has 3 aromatic rings. The van der Waals surface area contributed by atoms with Gasteiger partial charge in [-0.15, -0.1) is 0 Å². The summed E-state index contributed by atoms with van der Waals surface area (Å²) in [7, 11) is 1.36. The highest BCUT2D eigenvalue weighted by atomic mass is 16.5. The molecule has 0 atom stereocenters. The summed E-state index contributed by atoms with van der Waals surface area (Å²) in [4.78, 5) is 11.6. The molecule has 3 N–H and O–H groups in total. The Morgan fingerprint density at radius 2 is 1.60 bits per heavy atom. The minimum Gasteiger partial charge on any atom is -0.465 e. The molecule has 5 heteroatoms. The van der Waals surface area contributed by atoms with E-state index in [9.17, 15) is 4.79 Å². The first kappa shape index (κ1) is 16.5. The molecule has 25 heavy (non-hydrogen) atoms. The summed E-state index contributed by atoms with van der Waals surface area (Å²) in [5, 5.41) is 9.48. The lowest BCUT2D eigenvalue weighted by molar-refractivity contribution is 0.0600. The monoisotopic (exact) mass is 334 g/mol. The third-order valence-corrected chi connectivity index (χ3v) is 3.96. The summed E-state index contributed by atoms with van der Waals surface area (Å²) in [6.07, 6.45) is 0. The van der Waals surface area contributed by atoms with Crippen molar-refractivity contribution in [1.82, 2.24) is 0 Å². The molecule has 3 aromatic carbocycles. The number of esters is 1. The second-order valence-corrected chi connectivity index (χ2v) is 5.71. The number of hydrogen-bond acceptors (Lipinski definition) is 4. The highest BCUT2D eigenvalue weighted by Crippen LogP contribution is 2.27. The van der Waals surface area contributed by atoms with Crippen molar-refractivity contribution in [2.75, 3.05) is 7.11 Å². The van der Waals surface area contributed by atoms with Crippen LogP contribution in [0.3, 0.4) is 0 Å². The molecule has 0 aromatic heterocycles. The number of benzene rings is 3. The highest BCUT2D eigenvalue weighted by molar-refractivity contribution is 5.99. The third-order valence-electron chi connectivity index (χ3n) is 3.96. The van der Waals surface area contributed by atoms with E-state index in [4.69, 9.17) is 20.6 Å². The lowest BCUT2D eigenvalue weighted by Crippen LogP contribution is -2.10. The molecule has 0 aliphatic carbocycles. The van der Waals surface area contributed by atoms with Crippen molar-refractivity contribution in [2.45, 2.75) is 6.92 Å². The van der Waals surface area contributed by atoms with Crippen LogP contribution in [-0.2, 0) is 4.74 Å². The van der Waals surface area contributed by atoms with Crippen LogP contribution in [0.5, 0.6) is 11.5 Å².